The first-order valence-electron chi connectivity index (χ1n) is 8.16. The number of rotatable bonds is 9. The summed E-state index contributed by atoms with van der Waals surface area (Å²) in [5, 5.41) is 0. The molecule has 0 N–H and O–H groups in total. The highest BCUT2D eigenvalue weighted by Gasteiger charge is 2.17. The van der Waals surface area contributed by atoms with E-state index in [1.54, 1.807) is 19.1 Å². The Morgan fingerprint density at radius 1 is 1.00 bits per heavy atom. The summed E-state index contributed by atoms with van der Waals surface area (Å²) in [5.74, 6) is -0.0250. The van der Waals surface area contributed by atoms with Gasteiger partial charge in [0, 0.05) is 27.3 Å². The molecule has 0 heterocycles. The van der Waals surface area contributed by atoms with E-state index in [-0.39, 0.29) is 18.6 Å². The van der Waals surface area contributed by atoms with E-state index < -0.39 is 0 Å². The molecule has 0 unspecified atom stereocenters. The summed E-state index contributed by atoms with van der Waals surface area (Å²) in [7, 11) is 3.46. The van der Waals surface area contributed by atoms with Gasteiger partial charge in [-0.25, -0.2) is 0 Å². The van der Waals surface area contributed by atoms with E-state index in [1.807, 2.05) is 60.7 Å². The highest BCUT2D eigenvalue weighted by atomic mass is 16.5. The highest BCUT2D eigenvalue weighted by Crippen LogP contribution is 2.25. The van der Waals surface area contributed by atoms with Gasteiger partial charge in [0.2, 0.25) is 5.91 Å². The molecule has 2 aromatic rings. The van der Waals surface area contributed by atoms with E-state index in [0.717, 1.165) is 17.5 Å². The fourth-order valence-corrected chi connectivity index (χ4v) is 2.48. The maximum absolute atomic E-state index is 12.3. The molecular formula is C20H25NO3. The molecule has 0 bridgehead atoms. The van der Waals surface area contributed by atoms with E-state index in [4.69, 9.17) is 9.47 Å². The molecule has 1 amide bonds. The molecule has 2 aromatic carbocycles. The lowest BCUT2D eigenvalue weighted by molar-refractivity contribution is -0.136. The van der Waals surface area contributed by atoms with E-state index in [1.165, 1.54) is 0 Å². The molecule has 0 saturated carbocycles. The van der Waals surface area contributed by atoms with Gasteiger partial charge in [-0.3, -0.25) is 4.79 Å². The molecule has 0 aromatic heterocycles. The number of ether oxygens (including phenoxy) is 2. The van der Waals surface area contributed by atoms with E-state index in [2.05, 4.69) is 0 Å². The number of benzene rings is 2. The normalized spacial score (nSPS) is 10.8. The van der Waals surface area contributed by atoms with Gasteiger partial charge in [0.15, 0.2) is 0 Å². The maximum atomic E-state index is 12.3. The Balaban J connectivity index is 2.00. The number of likely N-dealkylation sites (N-methyl/N-ethyl adjacent to an activating group) is 1. The standard InChI is InChI=1S/C20H25NO3/c1-21(14-9-15-23-2)19(22)16-24-20(17-10-5-3-6-11-17)18-12-7-4-8-13-18/h3-8,10-13,20H,9,14-16H2,1-2H3. The lowest BCUT2D eigenvalue weighted by Gasteiger charge is -2.21. The molecule has 0 saturated heterocycles. The second-order valence-corrected chi connectivity index (χ2v) is 5.67. The van der Waals surface area contributed by atoms with Crippen molar-refractivity contribution in [3.63, 3.8) is 0 Å². The van der Waals surface area contributed by atoms with E-state index in [0.29, 0.717) is 13.2 Å². The number of carbonyl (C=O) groups excluding carboxylic acids is 1. The SMILES string of the molecule is COCCCN(C)C(=O)COC(c1ccccc1)c1ccccc1. The molecule has 4 nitrogen and oxygen atoms in total. The third-order valence-electron chi connectivity index (χ3n) is 3.85. The molecule has 0 aliphatic rings. The summed E-state index contributed by atoms with van der Waals surface area (Å²) in [6.07, 6.45) is 0.572. The minimum atomic E-state index is -0.247. The van der Waals surface area contributed by atoms with Crippen molar-refractivity contribution >= 4 is 5.91 Å². The van der Waals surface area contributed by atoms with Gasteiger partial charge in [-0.2, -0.15) is 0 Å². The average molecular weight is 327 g/mol. The molecule has 2 rings (SSSR count). The minimum Gasteiger partial charge on any atom is -0.385 e. The Labute approximate surface area is 144 Å². The van der Waals surface area contributed by atoms with Crippen molar-refractivity contribution in [3.05, 3.63) is 71.8 Å². The van der Waals surface area contributed by atoms with Crippen molar-refractivity contribution in [2.45, 2.75) is 12.5 Å². The van der Waals surface area contributed by atoms with Crippen molar-refractivity contribution in [2.75, 3.05) is 33.9 Å². The molecule has 0 atom stereocenters. The van der Waals surface area contributed by atoms with Crippen LogP contribution in [0.3, 0.4) is 0 Å². The third kappa shape index (κ3) is 5.48. The summed E-state index contributed by atoms with van der Waals surface area (Å²) in [5.41, 5.74) is 2.08. The van der Waals surface area contributed by atoms with Crippen LogP contribution < -0.4 is 0 Å². The zero-order chi connectivity index (χ0) is 17.2. The smallest absolute Gasteiger partial charge is 0.248 e. The summed E-state index contributed by atoms with van der Waals surface area (Å²) in [4.78, 5) is 14.0. The molecular weight excluding hydrogens is 302 g/mol. The fraction of sp³-hybridized carbons (Fsp3) is 0.350. The number of carbonyl (C=O) groups is 1. The van der Waals surface area contributed by atoms with Crippen LogP contribution in [0.15, 0.2) is 60.7 Å². The molecule has 0 spiro atoms. The molecule has 4 heteroatoms. The monoisotopic (exact) mass is 327 g/mol. The van der Waals surface area contributed by atoms with Crippen molar-refractivity contribution < 1.29 is 14.3 Å². The average Bonchev–Trinajstić information content (AvgIpc) is 2.63. The third-order valence-corrected chi connectivity index (χ3v) is 3.85. The van der Waals surface area contributed by atoms with Crippen molar-refractivity contribution in [1.82, 2.24) is 4.90 Å². The topological polar surface area (TPSA) is 38.8 Å². The van der Waals surface area contributed by atoms with Crippen molar-refractivity contribution in [3.8, 4) is 0 Å². The highest BCUT2D eigenvalue weighted by molar-refractivity contribution is 5.77. The van der Waals surface area contributed by atoms with Gasteiger partial charge in [-0.1, -0.05) is 60.7 Å². The minimum absolute atomic E-state index is 0.0250. The summed E-state index contributed by atoms with van der Waals surface area (Å²) in [6, 6.07) is 19.9. The Kier molecular flexibility index (Phi) is 7.46. The molecule has 0 fully saturated rings. The lowest BCUT2D eigenvalue weighted by Crippen LogP contribution is -2.32. The van der Waals surface area contributed by atoms with Gasteiger partial charge in [-0.05, 0) is 17.5 Å². The quantitative estimate of drug-likeness (QED) is 0.664. The van der Waals surface area contributed by atoms with Crippen molar-refractivity contribution in [2.24, 2.45) is 0 Å². The molecule has 128 valence electrons. The first-order chi connectivity index (χ1) is 11.7. The second-order valence-electron chi connectivity index (χ2n) is 5.67. The number of methoxy groups -OCH3 is 1. The van der Waals surface area contributed by atoms with Gasteiger partial charge < -0.3 is 14.4 Å². The predicted molar refractivity (Wildman–Crippen MR) is 94.8 cm³/mol. The number of hydrogen-bond donors (Lipinski definition) is 0. The van der Waals surface area contributed by atoms with E-state index in [9.17, 15) is 4.79 Å². The fourth-order valence-electron chi connectivity index (χ4n) is 2.48. The number of hydrogen-bond acceptors (Lipinski definition) is 3. The Hall–Kier alpha value is -2.17. The molecule has 0 aliphatic heterocycles. The molecule has 0 radical (unpaired) electrons. The van der Waals surface area contributed by atoms with Crippen LogP contribution in [0.1, 0.15) is 23.7 Å². The van der Waals surface area contributed by atoms with Crippen LogP contribution >= 0.6 is 0 Å². The number of amides is 1. The summed E-state index contributed by atoms with van der Waals surface area (Å²) >= 11 is 0. The predicted octanol–water partition coefficient (Wildman–Crippen LogP) is 3.29. The lowest BCUT2D eigenvalue weighted by atomic mass is 10.0. The molecule has 24 heavy (non-hydrogen) atoms. The zero-order valence-electron chi connectivity index (χ0n) is 14.4. The Bertz CT molecular complexity index is 561. The van der Waals surface area contributed by atoms with Gasteiger partial charge in [-0.15, -0.1) is 0 Å². The zero-order valence-corrected chi connectivity index (χ0v) is 14.4. The van der Waals surface area contributed by atoms with Crippen LogP contribution in [0.5, 0.6) is 0 Å². The Morgan fingerprint density at radius 3 is 2.04 bits per heavy atom. The first kappa shape index (κ1) is 18.2. The van der Waals surface area contributed by atoms with Crippen LogP contribution in [-0.2, 0) is 14.3 Å². The van der Waals surface area contributed by atoms with Gasteiger partial charge in [0.25, 0.3) is 0 Å². The van der Waals surface area contributed by atoms with Crippen molar-refractivity contribution in [1.29, 1.82) is 0 Å². The number of nitrogens with zero attached hydrogens (tertiary/aromatic N) is 1. The summed E-state index contributed by atoms with van der Waals surface area (Å²) in [6.45, 7) is 1.37. The molecule has 0 aliphatic carbocycles. The van der Waals surface area contributed by atoms with Crippen LogP contribution in [0.2, 0.25) is 0 Å². The van der Waals surface area contributed by atoms with Crippen LogP contribution in [-0.4, -0.2) is 44.7 Å². The van der Waals surface area contributed by atoms with Gasteiger partial charge in [0.05, 0.1) is 0 Å². The first-order valence-corrected chi connectivity index (χ1v) is 8.16. The second kappa shape index (κ2) is 9.85. The van der Waals surface area contributed by atoms with Crippen LogP contribution in [0.25, 0.3) is 0 Å². The van der Waals surface area contributed by atoms with Crippen LogP contribution in [0, 0.1) is 0 Å². The Morgan fingerprint density at radius 2 is 1.54 bits per heavy atom. The van der Waals surface area contributed by atoms with Gasteiger partial charge in [0.1, 0.15) is 12.7 Å². The van der Waals surface area contributed by atoms with Gasteiger partial charge >= 0.3 is 0 Å². The van der Waals surface area contributed by atoms with E-state index >= 15 is 0 Å². The maximum Gasteiger partial charge on any atom is 0.248 e. The summed E-state index contributed by atoms with van der Waals surface area (Å²) < 4.78 is 11.0. The largest absolute Gasteiger partial charge is 0.385 e. The van der Waals surface area contributed by atoms with Crippen LogP contribution in [0.4, 0.5) is 0 Å².